The Labute approximate surface area is 104 Å². The summed E-state index contributed by atoms with van der Waals surface area (Å²) in [5.74, 6) is -0.301. The normalized spacial score (nSPS) is 15.9. The van der Waals surface area contributed by atoms with Crippen molar-refractivity contribution in [3.63, 3.8) is 0 Å². The highest BCUT2D eigenvalue weighted by Crippen LogP contribution is 2.06. The number of amides is 1. The van der Waals surface area contributed by atoms with Gasteiger partial charge >= 0.3 is 0 Å². The number of halogens is 1. The van der Waals surface area contributed by atoms with E-state index in [0.29, 0.717) is 29.5 Å². The van der Waals surface area contributed by atoms with Crippen LogP contribution in [0.4, 0.5) is 0 Å². The zero-order valence-electron chi connectivity index (χ0n) is 8.98. The van der Waals surface area contributed by atoms with Gasteiger partial charge < -0.3 is 5.41 Å². The van der Waals surface area contributed by atoms with Crippen LogP contribution in [0, 0.1) is 5.41 Å². The molecule has 1 aromatic heterocycles. The molecule has 17 heavy (non-hydrogen) atoms. The second kappa shape index (κ2) is 5.07. The highest BCUT2D eigenvalue weighted by Gasteiger charge is 2.14. The number of carbonyl (C=O) groups is 1. The molecular formula is C11H11ClN4O. The minimum absolute atomic E-state index is 0.301. The molecule has 0 saturated carbocycles. The van der Waals surface area contributed by atoms with Gasteiger partial charge in [-0.05, 0) is 18.2 Å². The minimum Gasteiger partial charge on any atom is -0.304 e. The smallest absolute Gasteiger partial charge is 0.284 e. The summed E-state index contributed by atoms with van der Waals surface area (Å²) >= 11 is 5.69. The van der Waals surface area contributed by atoms with Crippen LogP contribution < -0.4 is 5.43 Å². The molecule has 1 amide bonds. The van der Waals surface area contributed by atoms with Crippen LogP contribution in [0.1, 0.15) is 10.5 Å². The maximum atomic E-state index is 11.8. The van der Waals surface area contributed by atoms with Crippen molar-refractivity contribution in [3.8, 4) is 0 Å². The number of hydrogen-bond acceptors (Lipinski definition) is 4. The highest BCUT2D eigenvalue weighted by atomic mass is 35.5. The quantitative estimate of drug-likeness (QED) is 0.831. The van der Waals surface area contributed by atoms with Crippen LogP contribution in [0.2, 0.25) is 5.02 Å². The maximum absolute atomic E-state index is 11.8. The van der Waals surface area contributed by atoms with E-state index in [2.05, 4.69) is 10.4 Å². The molecule has 2 rings (SSSR count). The Bertz CT molecular complexity index is 469. The monoisotopic (exact) mass is 250 g/mol. The molecule has 5 nitrogen and oxygen atoms in total. The first-order valence-electron chi connectivity index (χ1n) is 5.06. The molecule has 0 fully saturated rings. The number of hydrogen-bond donors (Lipinski definition) is 2. The molecule has 1 aromatic rings. The Morgan fingerprint density at radius 3 is 3.00 bits per heavy atom. The molecule has 0 atom stereocenters. The summed E-state index contributed by atoms with van der Waals surface area (Å²) in [5.41, 5.74) is 3.44. The average Bonchev–Trinajstić information content (AvgIpc) is 2.29. The molecule has 0 bridgehead atoms. The third-order valence-electron chi connectivity index (χ3n) is 2.23. The number of pyridine rings is 1. The fourth-order valence-corrected chi connectivity index (χ4v) is 1.55. The molecular weight excluding hydrogens is 240 g/mol. The summed E-state index contributed by atoms with van der Waals surface area (Å²) in [6, 6.07) is 3.17. The van der Waals surface area contributed by atoms with E-state index in [-0.39, 0.29) is 5.91 Å². The van der Waals surface area contributed by atoms with Gasteiger partial charge in [-0.15, -0.1) is 0 Å². The second-order valence-corrected chi connectivity index (χ2v) is 4.05. The molecule has 2 N–H and O–H groups in total. The van der Waals surface area contributed by atoms with Crippen molar-refractivity contribution >= 4 is 23.2 Å². The number of nitrogens with one attached hydrogen (secondary N) is 2. The molecule has 0 radical (unpaired) electrons. The van der Waals surface area contributed by atoms with Crippen molar-refractivity contribution in [3.05, 3.63) is 41.2 Å². The lowest BCUT2D eigenvalue weighted by Gasteiger charge is -2.23. The first kappa shape index (κ1) is 11.8. The van der Waals surface area contributed by atoms with E-state index in [1.54, 1.807) is 23.2 Å². The predicted molar refractivity (Wildman–Crippen MR) is 65.2 cm³/mol. The molecule has 6 heteroatoms. The van der Waals surface area contributed by atoms with Gasteiger partial charge in [0, 0.05) is 18.5 Å². The van der Waals surface area contributed by atoms with E-state index < -0.39 is 0 Å². The van der Waals surface area contributed by atoms with Crippen molar-refractivity contribution in [1.29, 1.82) is 5.41 Å². The van der Waals surface area contributed by atoms with Gasteiger partial charge in [-0.3, -0.25) is 10.2 Å². The topological polar surface area (TPSA) is 69.1 Å². The molecule has 0 spiro atoms. The average molecular weight is 251 g/mol. The molecule has 0 aromatic carbocycles. The van der Waals surface area contributed by atoms with Crippen LogP contribution >= 0.6 is 11.6 Å². The highest BCUT2D eigenvalue weighted by molar-refractivity contribution is 6.30. The Hall–Kier alpha value is -1.72. The molecule has 1 aliphatic heterocycles. The number of carbonyl (C=O) groups excluding carboxylic acids is 1. The summed E-state index contributed by atoms with van der Waals surface area (Å²) in [4.78, 5) is 15.7. The lowest BCUT2D eigenvalue weighted by atomic mass is 10.2. The van der Waals surface area contributed by atoms with Crippen LogP contribution in [-0.4, -0.2) is 34.7 Å². The third-order valence-corrected chi connectivity index (χ3v) is 2.45. The molecule has 0 unspecified atom stereocenters. The summed E-state index contributed by atoms with van der Waals surface area (Å²) in [5, 5.41) is 9.63. The van der Waals surface area contributed by atoms with Gasteiger partial charge in [-0.25, -0.2) is 9.99 Å². The summed E-state index contributed by atoms with van der Waals surface area (Å²) in [7, 11) is 0. The zero-order chi connectivity index (χ0) is 12.3. The second-order valence-electron chi connectivity index (χ2n) is 3.61. The molecule has 2 heterocycles. The summed E-state index contributed by atoms with van der Waals surface area (Å²) in [6.07, 6.45) is 4.97. The molecule has 0 aliphatic carbocycles. The van der Waals surface area contributed by atoms with E-state index in [1.165, 1.54) is 6.20 Å². The van der Waals surface area contributed by atoms with Crippen LogP contribution in [0.25, 0.3) is 0 Å². The summed E-state index contributed by atoms with van der Waals surface area (Å²) in [6.45, 7) is 0.984. The number of rotatable bonds is 2. The Kier molecular flexibility index (Phi) is 3.51. The molecule has 0 saturated heterocycles. The lowest BCUT2D eigenvalue weighted by molar-refractivity contribution is 0.0822. The number of aromatic nitrogens is 1. The summed E-state index contributed by atoms with van der Waals surface area (Å²) < 4.78 is 0. The van der Waals surface area contributed by atoms with E-state index in [9.17, 15) is 4.79 Å². The van der Waals surface area contributed by atoms with Gasteiger partial charge in [-0.2, -0.15) is 0 Å². The predicted octanol–water partition coefficient (Wildman–Crippen LogP) is 1.27. The van der Waals surface area contributed by atoms with E-state index in [0.717, 1.165) is 0 Å². The van der Waals surface area contributed by atoms with Crippen LogP contribution in [-0.2, 0) is 0 Å². The van der Waals surface area contributed by atoms with Gasteiger partial charge in [0.15, 0.2) is 0 Å². The Morgan fingerprint density at radius 2 is 2.35 bits per heavy atom. The van der Waals surface area contributed by atoms with Crippen molar-refractivity contribution in [2.24, 2.45) is 0 Å². The maximum Gasteiger partial charge on any atom is 0.284 e. The Morgan fingerprint density at radius 1 is 1.53 bits per heavy atom. The van der Waals surface area contributed by atoms with Gasteiger partial charge in [0.05, 0.1) is 11.6 Å². The minimum atomic E-state index is -0.301. The zero-order valence-corrected chi connectivity index (χ0v) is 9.74. The van der Waals surface area contributed by atoms with Gasteiger partial charge in [-0.1, -0.05) is 17.7 Å². The third kappa shape index (κ3) is 3.12. The molecule has 88 valence electrons. The SMILES string of the molecule is N=C1C=CCN(NC(=O)c2ccc(Cl)cn2)C1. The van der Waals surface area contributed by atoms with Crippen molar-refractivity contribution in [1.82, 2.24) is 15.4 Å². The van der Waals surface area contributed by atoms with Crippen molar-refractivity contribution < 1.29 is 4.79 Å². The van der Waals surface area contributed by atoms with Crippen LogP contribution in [0.5, 0.6) is 0 Å². The largest absolute Gasteiger partial charge is 0.304 e. The van der Waals surface area contributed by atoms with E-state index >= 15 is 0 Å². The Balaban J connectivity index is 1.99. The van der Waals surface area contributed by atoms with Gasteiger partial charge in [0.2, 0.25) is 0 Å². The van der Waals surface area contributed by atoms with Gasteiger partial charge in [0.25, 0.3) is 5.91 Å². The fourth-order valence-electron chi connectivity index (χ4n) is 1.44. The van der Waals surface area contributed by atoms with Crippen LogP contribution in [0.15, 0.2) is 30.5 Å². The number of hydrazine groups is 1. The van der Waals surface area contributed by atoms with Crippen LogP contribution in [0.3, 0.4) is 0 Å². The van der Waals surface area contributed by atoms with Gasteiger partial charge in [0.1, 0.15) is 5.69 Å². The van der Waals surface area contributed by atoms with E-state index in [1.807, 2.05) is 6.08 Å². The molecule has 1 aliphatic rings. The fraction of sp³-hybridized carbons (Fsp3) is 0.182. The first-order chi connectivity index (χ1) is 8.15. The first-order valence-corrected chi connectivity index (χ1v) is 5.44. The number of nitrogens with zero attached hydrogens (tertiary/aromatic N) is 2. The van der Waals surface area contributed by atoms with Crippen molar-refractivity contribution in [2.75, 3.05) is 13.1 Å². The van der Waals surface area contributed by atoms with E-state index in [4.69, 9.17) is 17.0 Å². The lowest BCUT2D eigenvalue weighted by Crippen LogP contribution is -2.46. The standard InChI is InChI=1S/C11H11ClN4O/c12-8-3-4-10(14-6-8)11(17)15-16-5-1-2-9(13)7-16/h1-4,6,13H,5,7H2,(H,15,17). The van der Waals surface area contributed by atoms with Crippen molar-refractivity contribution in [2.45, 2.75) is 0 Å².